The number of esters is 1. The number of hydrogen-bond donors (Lipinski definition) is 2. The number of carbonyl (C=O) groups is 1. The summed E-state index contributed by atoms with van der Waals surface area (Å²) in [6.45, 7) is 0. The molecule has 0 unspecified atom stereocenters. The molecule has 10 heteroatoms. The van der Waals surface area contributed by atoms with Crippen molar-refractivity contribution in [2.75, 3.05) is 11.5 Å². The van der Waals surface area contributed by atoms with E-state index in [4.69, 9.17) is 27.8 Å². The molecule has 0 aliphatic heterocycles. The minimum atomic E-state index is -4.06. The maximum absolute atomic E-state index is 12.6. The number of aromatic nitrogens is 2. The van der Waals surface area contributed by atoms with Crippen molar-refractivity contribution in [2.45, 2.75) is 4.90 Å². The molecule has 8 nitrogen and oxygen atoms in total. The first-order valence-corrected chi connectivity index (χ1v) is 9.03. The Bertz CT molecular complexity index is 1060. The molecule has 0 spiro atoms. The SMILES string of the molecule is Nc1ccc(C(=O)Oc2cc(N)n(S(=O)(=O)c3ccc(Cl)cc3)n2)cc1. The highest BCUT2D eigenvalue weighted by molar-refractivity contribution is 7.90. The molecule has 0 fully saturated rings. The van der Waals surface area contributed by atoms with E-state index < -0.39 is 16.0 Å². The van der Waals surface area contributed by atoms with Gasteiger partial charge in [-0.3, -0.25) is 0 Å². The van der Waals surface area contributed by atoms with Crippen LogP contribution in [-0.4, -0.2) is 23.6 Å². The van der Waals surface area contributed by atoms with Crippen LogP contribution in [0.3, 0.4) is 0 Å². The topological polar surface area (TPSA) is 130 Å². The second-order valence-corrected chi connectivity index (χ2v) is 7.42. The van der Waals surface area contributed by atoms with Gasteiger partial charge in [0.2, 0.25) is 5.88 Å². The first kappa shape index (κ1) is 17.8. The largest absolute Gasteiger partial charge is 0.402 e. The number of carbonyl (C=O) groups excluding carboxylic acids is 1. The molecule has 0 amide bonds. The Morgan fingerprint density at radius 3 is 2.27 bits per heavy atom. The first-order valence-electron chi connectivity index (χ1n) is 7.22. The highest BCUT2D eigenvalue weighted by atomic mass is 35.5. The van der Waals surface area contributed by atoms with Crippen LogP contribution in [0.5, 0.6) is 5.88 Å². The molecule has 0 aliphatic carbocycles. The van der Waals surface area contributed by atoms with E-state index in [1.807, 2.05) is 0 Å². The number of rotatable bonds is 4. The molecular formula is C16H13ClN4O4S. The van der Waals surface area contributed by atoms with Gasteiger partial charge in [0.1, 0.15) is 5.82 Å². The third kappa shape index (κ3) is 3.48. The van der Waals surface area contributed by atoms with Gasteiger partial charge in [0, 0.05) is 16.8 Å². The fraction of sp³-hybridized carbons (Fsp3) is 0. The number of nitrogens with two attached hydrogens (primary N) is 2. The number of anilines is 2. The summed E-state index contributed by atoms with van der Waals surface area (Å²) in [5.41, 5.74) is 12.0. The van der Waals surface area contributed by atoms with Crippen molar-refractivity contribution < 1.29 is 17.9 Å². The normalized spacial score (nSPS) is 11.3. The van der Waals surface area contributed by atoms with E-state index in [1.165, 1.54) is 48.5 Å². The Kier molecular flexibility index (Phi) is 4.58. The van der Waals surface area contributed by atoms with E-state index >= 15 is 0 Å². The number of ether oxygens (including phenoxy) is 1. The van der Waals surface area contributed by atoms with Gasteiger partial charge in [-0.15, -0.1) is 9.19 Å². The van der Waals surface area contributed by atoms with Gasteiger partial charge in [-0.2, -0.15) is 8.42 Å². The van der Waals surface area contributed by atoms with Crippen LogP contribution in [0.15, 0.2) is 59.5 Å². The van der Waals surface area contributed by atoms with Crippen LogP contribution >= 0.6 is 11.6 Å². The van der Waals surface area contributed by atoms with Gasteiger partial charge in [-0.25, -0.2) is 4.79 Å². The maximum Gasteiger partial charge on any atom is 0.344 e. The summed E-state index contributed by atoms with van der Waals surface area (Å²) in [6, 6.07) is 12.7. The Morgan fingerprint density at radius 2 is 1.65 bits per heavy atom. The number of halogens is 1. The quantitative estimate of drug-likeness (QED) is 0.513. The van der Waals surface area contributed by atoms with Crippen LogP contribution in [0.2, 0.25) is 5.02 Å². The summed E-state index contributed by atoms with van der Waals surface area (Å²) in [5.74, 6) is -1.18. The second-order valence-electron chi connectivity index (χ2n) is 5.22. The molecule has 0 saturated carbocycles. The summed E-state index contributed by atoms with van der Waals surface area (Å²) in [4.78, 5) is 12.0. The van der Waals surface area contributed by atoms with Gasteiger partial charge < -0.3 is 16.2 Å². The minimum absolute atomic E-state index is 0.0619. The number of benzene rings is 2. The van der Waals surface area contributed by atoms with Gasteiger partial charge in [0.15, 0.2) is 0 Å². The van der Waals surface area contributed by atoms with Gasteiger partial charge in [-0.05, 0) is 48.5 Å². The fourth-order valence-corrected chi connectivity index (χ4v) is 3.40. The zero-order valence-corrected chi connectivity index (χ0v) is 14.7. The molecule has 0 bridgehead atoms. The molecular weight excluding hydrogens is 380 g/mol. The third-order valence-corrected chi connectivity index (χ3v) is 5.23. The standard InChI is InChI=1S/C16H13ClN4O4S/c17-11-3-7-13(8-4-11)26(23,24)21-14(19)9-15(20-21)25-16(22)10-1-5-12(18)6-2-10/h1-9H,18-19H2. The molecule has 0 atom stereocenters. The van der Waals surface area contributed by atoms with Crippen molar-refractivity contribution in [3.8, 4) is 5.88 Å². The molecule has 26 heavy (non-hydrogen) atoms. The van der Waals surface area contributed by atoms with Crippen molar-refractivity contribution >= 4 is 39.1 Å². The predicted octanol–water partition coefficient (Wildman–Crippen LogP) is 2.16. The predicted molar refractivity (Wildman–Crippen MR) is 96.5 cm³/mol. The second kappa shape index (κ2) is 6.70. The molecule has 1 aromatic heterocycles. The molecule has 0 saturated heterocycles. The first-order chi connectivity index (χ1) is 12.3. The van der Waals surface area contributed by atoms with Crippen LogP contribution in [0.4, 0.5) is 11.5 Å². The van der Waals surface area contributed by atoms with E-state index in [2.05, 4.69) is 5.10 Å². The highest BCUT2D eigenvalue weighted by Crippen LogP contribution is 2.23. The third-order valence-electron chi connectivity index (χ3n) is 3.36. The summed E-state index contributed by atoms with van der Waals surface area (Å²) in [5, 5.41) is 4.15. The average molecular weight is 393 g/mol. The van der Waals surface area contributed by atoms with E-state index in [9.17, 15) is 13.2 Å². The summed E-state index contributed by atoms with van der Waals surface area (Å²) >= 11 is 5.76. The van der Waals surface area contributed by atoms with Gasteiger partial charge in [-0.1, -0.05) is 11.6 Å². The van der Waals surface area contributed by atoms with Crippen molar-refractivity contribution in [2.24, 2.45) is 0 Å². The zero-order chi connectivity index (χ0) is 18.9. The van der Waals surface area contributed by atoms with Crippen LogP contribution in [-0.2, 0) is 10.0 Å². The Hall–Kier alpha value is -3.04. The van der Waals surface area contributed by atoms with E-state index in [-0.39, 0.29) is 22.2 Å². The van der Waals surface area contributed by atoms with Crippen molar-refractivity contribution in [1.82, 2.24) is 9.19 Å². The van der Waals surface area contributed by atoms with Gasteiger partial charge in [0.25, 0.3) is 10.0 Å². The van der Waals surface area contributed by atoms with Crippen molar-refractivity contribution in [3.63, 3.8) is 0 Å². The molecule has 3 aromatic rings. The fourth-order valence-electron chi connectivity index (χ4n) is 2.08. The lowest BCUT2D eigenvalue weighted by Gasteiger charge is -2.06. The zero-order valence-electron chi connectivity index (χ0n) is 13.2. The lowest BCUT2D eigenvalue weighted by Crippen LogP contribution is -2.17. The monoisotopic (exact) mass is 392 g/mol. The van der Waals surface area contributed by atoms with Gasteiger partial charge in [0.05, 0.1) is 10.5 Å². The van der Waals surface area contributed by atoms with Crippen LogP contribution < -0.4 is 16.2 Å². The van der Waals surface area contributed by atoms with Crippen LogP contribution in [0, 0.1) is 0 Å². The highest BCUT2D eigenvalue weighted by Gasteiger charge is 2.23. The maximum atomic E-state index is 12.6. The number of nitrogen functional groups attached to an aromatic ring is 2. The Balaban J connectivity index is 1.88. The van der Waals surface area contributed by atoms with Crippen molar-refractivity contribution in [3.05, 3.63) is 65.2 Å². The van der Waals surface area contributed by atoms with Gasteiger partial charge >= 0.3 is 5.97 Å². The molecule has 4 N–H and O–H groups in total. The Morgan fingerprint density at radius 1 is 1.04 bits per heavy atom. The molecule has 0 aliphatic rings. The van der Waals surface area contributed by atoms with E-state index in [1.54, 1.807) is 0 Å². The molecule has 134 valence electrons. The molecule has 0 radical (unpaired) electrons. The smallest absolute Gasteiger partial charge is 0.344 e. The van der Waals surface area contributed by atoms with Crippen LogP contribution in [0.25, 0.3) is 0 Å². The lowest BCUT2D eigenvalue weighted by molar-refractivity contribution is 0.0727. The molecule has 2 aromatic carbocycles. The summed E-state index contributed by atoms with van der Waals surface area (Å²) in [6.07, 6.45) is 0. The Labute approximate surface area is 154 Å². The minimum Gasteiger partial charge on any atom is -0.402 e. The van der Waals surface area contributed by atoms with E-state index in [0.29, 0.717) is 14.8 Å². The summed E-state index contributed by atoms with van der Waals surface area (Å²) < 4.78 is 30.9. The molecule has 1 heterocycles. The van der Waals surface area contributed by atoms with E-state index in [0.717, 1.165) is 6.07 Å². The number of hydrogen-bond acceptors (Lipinski definition) is 7. The summed E-state index contributed by atoms with van der Waals surface area (Å²) in [7, 11) is -4.06. The molecule has 3 rings (SSSR count). The van der Waals surface area contributed by atoms with Crippen molar-refractivity contribution in [1.29, 1.82) is 0 Å². The lowest BCUT2D eigenvalue weighted by atomic mass is 10.2. The van der Waals surface area contributed by atoms with Crippen LogP contribution in [0.1, 0.15) is 10.4 Å². The average Bonchev–Trinajstić information content (AvgIpc) is 2.97. The number of nitrogens with zero attached hydrogens (tertiary/aromatic N) is 2.